The van der Waals surface area contributed by atoms with E-state index in [4.69, 9.17) is 11.6 Å². The first-order chi connectivity index (χ1) is 8.40. The van der Waals surface area contributed by atoms with Crippen molar-refractivity contribution >= 4 is 11.6 Å². The Balaban J connectivity index is 2.63. The average molecular weight is 263 g/mol. The molecule has 0 aliphatic heterocycles. The van der Waals surface area contributed by atoms with Crippen LogP contribution in [-0.2, 0) is 0 Å². The minimum Gasteiger partial charge on any atom is -0.507 e. The topological polar surface area (TPSA) is 46.0 Å². The number of nitrogens with zero attached hydrogens (tertiary/aromatic N) is 2. The molecule has 1 aromatic heterocycles. The van der Waals surface area contributed by atoms with Crippen LogP contribution in [0, 0.1) is 27.7 Å². The highest BCUT2D eigenvalue weighted by molar-refractivity contribution is 6.30. The van der Waals surface area contributed by atoms with Crippen LogP contribution in [0.25, 0.3) is 11.4 Å². The van der Waals surface area contributed by atoms with Gasteiger partial charge in [0.15, 0.2) is 5.82 Å². The second kappa shape index (κ2) is 4.58. The van der Waals surface area contributed by atoms with E-state index >= 15 is 0 Å². The Morgan fingerprint density at radius 1 is 1.00 bits per heavy atom. The second-order valence-electron chi connectivity index (χ2n) is 4.51. The van der Waals surface area contributed by atoms with Gasteiger partial charge in [-0.05, 0) is 51.0 Å². The number of hydrogen-bond donors (Lipinski definition) is 1. The molecule has 4 heteroatoms. The van der Waals surface area contributed by atoms with E-state index in [-0.39, 0.29) is 0 Å². The first kappa shape index (κ1) is 12.8. The number of phenolic OH excluding ortho intramolecular Hbond substituents is 1. The maximum atomic E-state index is 9.76. The number of benzene rings is 1. The van der Waals surface area contributed by atoms with Crippen molar-refractivity contribution in [2.24, 2.45) is 0 Å². The van der Waals surface area contributed by atoms with Gasteiger partial charge in [0.2, 0.25) is 0 Å². The van der Waals surface area contributed by atoms with Gasteiger partial charge in [-0.1, -0.05) is 11.6 Å². The summed E-state index contributed by atoms with van der Waals surface area (Å²) in [5.41, 5.74) is 4.25. The fraction of sp³-hybridized carbons (Fsp3) is 0.286. The van der Waals surface area contributed by atoms with Crippen molar-refractivity contribution in [3.05, 3.63) is 39.7 Å². The third kappa shape index (κ3) is 2.18. The summed E-state index contributed by atoms with van der Waals surface area (Å²) < 4.78 is 0. The molecule has 2 rings (SSSR count). The molecule has 0 aliphatic rings. The van der Waals surface area contributed by atoms with Gasteiger partial charge in [-0.3, -0.25) is 0 Å². The molecule has 94 valence electrons. The van der Waals surface area contributed by atoms with Crippen molar-refractivity contribution in [1.82, 2.24) is 9.97 Å². The van der Waals surface area contributed by atoms with Gasteiger partial charge in [0.05, 0.1) is 0 Å². The predicted molar refractivity (Wildman–Crippen MR) is 73.1 cm³/mol. The van der Waals surface area contributed by atoms with E-state index in [0.29, 0.717) is 16.7 Å². The number of phenols is 1. The molecule has 18 heavy (non-hydrogen) atoms. The number of aromatic hydroxyl groups is 1. The fourth-order valence-electron chi connectivity index (χ4n) is 1.81. The zero-order chi connectivity index (χ0) is 13.4. The van der Waals surface area contributed by atoms with Gasteiger partial charge in [0.25, 0.3) is 0 Å². The number of rotatable bonds is 1. The quantitative estimate of drug-likeness (QED) is 0.797. The Hall–Kier alpha value is -1.61. The Labute approximate surface area is 111 Å². The molecule has 0 saturated carbocycles. The van der Waals surface area contributed by atoms with Crippen molar-refractivity contribution in [2.45, 2.75) is 27.7 Å². The van der Waals surface area contributed by atoms with Crippen LogP contribution in [0.1, 0.15) is 22.4 Å². The number of hydrogen-bond acceptors (Lipinski definition) is 3. The minimum absolute atomic E-state index is 0.314. The Morgan fingerprint density at radius 2 is 1.56 bits per heavy atom. The van der Waals surface area contributed by atoms with Crippen molar-refractivity contribution < 1.29 is 5.11 Å². The molecule has 0 spiro atoms. The van der Waals surface area contributed by atoms with E-state index in [1.807, 2.05) is 39.8 Å². The molecule has 1 heterocycles. The zero-order valence-corrected chi connectivity index (χ0v) is 11.6. The molecule has 1 aromatic carbocycles. The van der Waals surface area contributed by atoms with E-state index in [1.165, 1.54) is 0 Å². The highest BCUT2D eigenvalue weighted by atomic mass is 35.5. The molecule has 0 radical (unpaired) electrons. The summed E-state index contributed by atoms with van der Waals surface area (Å²) in [4.78, 5) is 8.73. The second-order valence-corrected chi connectivity index (χ2v) is 4.87. The number of aromatic nitrogens is 2. The standard InChI is InChI=1S/C14H15ClN2O/c1-7-5-11(6-8(2)12(7)18)14-16-10(4)9(3)13(15)17-14/h5-6,18H,1-4H3. The summed E-state index contributed by atoms with van der Waals surface area (Å²) in [6.45, 7) is 7.52. The molecule has 2 aromatic rings. The van der Waals surface area contributed by atoms with Gasteiger partial charge in [-0.2, -0.15) is 0 Å². The fourth-order valence-corrected chi connectivity index (χ4v) is 2.02. The van der Waals surface area contributed by atoms with Gasteiger partial charge in [-0.25, -0.2) is 9.97 Å². The van der Waals surface area contributed by atoms with Crippen molar-refractivity contribution in [3.8, 4) is 17.1 Å². The Bertz CT molecular complexity index is 522. The summed E-state index contributed by atoms with van der Waals surface area (Å²) >= 11 is 6.08. The zero-order valence-electron chi connectivity index (χ0n) is 10.9. The summed E-state index contributed by atoms with van der Waals surface area (Å²) in [6, 6.07) is 3.73. The lowest BCUT2D eigenvalue weighted by molar-refractivity contribution is 0.467. The molecule has 0 amide bonds. The van der Waals surface area contributed by atoms with Crippen molar-refractivity contribution in [1.29, 1.82) is 0 Å². The molecule has 1 N–H and O–H groups in total. The lowest BCUT2D eigenvalue weighted by Gasteiger charge is -2.09. The molecule has 3 nitrogen and oxygen atoms in total. The van der Waals surface area contributed by atoms with Gasteiger partial charge < -0.3 is 5.11 Å². The van der Waals surface area contributed by atoms with Crippen LogP contribution in [0.4, 0.5) is 0 Å². The smallest absolute Gasteiger partial charge is 0.161 e. The largest absolute Gasteiger partial charge is 0.507 e. The average Bonchev–Trinajstić information content (AvgIpc) is 2.31. The van der Waals surface area contributed by atoms with E-state index in [1.54, 1.807) is 0 Å². The molecule has 0 bridgehead atoms. The van der Waals surface area contributed by atoms with Crippen LogP contribution in [0.2, 0.25) is 5.15 Å². The highest BCUT2D eigenvalue weighted by Crippen LogP contribution is 2.28. The maximum Gasteiger partial charge on any atom is 0.161 e. The molecule has 0 aliphatic carbocycles. The van der Waals surface area contributed by atoms with E-state index in [0.717, 1.165) is 27.9 Å². The van der Waals surface area contributed by atoms with Crippen molar-refractivity contribution in [3.63, 3.8) is 0 Å². The maximum absolute atomic E-state index is 9.76. The molecular formula is C14H15ClN2O. The Kier molecular flexibility index (Phi) is 3.26. The summed E-state index contributed by atoms with van der Waals surface area (Å²) in [6.07, 6.45) is 0. The lowest BCUT2D eigenvalue weighted by Crippen LogP contribution is -1.97. The highest BCUT2D eigenvalue weighted by Gasteiger charge is 2.10. The van der Waals surface area contributed by atoms with E-state index < -0.39 is 0 Å². The predicted octanol–water partition coefficient (Wildman–Crippen LogP) is 3.74. The van der Waals surface area contributed by atoms with E-state index in [2.05, 4.69) is 9.97 Å². The van der Waals surface area contributed by atoms with Crippen LogP contribution in [-0.4, -0.2) is 15.1 Å². The summed E-state index contributed by atoms with van der Waals surface area (Å²) in [5, 5.41) is 10.2. The lowest BCUT2D eigenvalue weighted by atomic mass is 10.1. The molecule has 0 atom stereocenters. The van der Waals surface area contributed by atoms with Crippen LogP contribution >= 0.6 is 11.6 Å². The molecule has 0 unspecified atom stereocenters. The van der Waals surface area contributed by atoms with Crippen molar-refractivity contribution in [2.75, 3.05) is 0 Å². The first-order valence-corrected chi connectivity index (χ1v) is 6.09. The first-order valence-electron chi connectivity index (χ1n) is 5.71. The summed E-state index contributed by atoms with van der Waals surface area (Å²) in [5.74, 6) is 0.906. The normalized spacial score (nSPS) is 10.7. The van der Waals surface area contributed by atoms with Crippen LogP contribution < -0.4 is 0 Å². The van der Waals surface area contributed by atoms with Crippen LogP contribution in [0.15, 0.2) is 12.1 Å². The summed E-state index contributed by atoms with van der Waals surface area (Å²) in [7, 11) is 0. The van der Waals surface area contributed by atoms with Gasteiger partial charge in [0, 0.05) is 16.8 Å². The van der Waals surface area contributed by atoms with Gasteiger partial charge in [-0.15, -0.1) is 0 Å². The third-order valence-electron chi connectivity index (χ3n) is 3.08. The van der Waals surface area contributed by atoms with Gasteiger partial charge >= 0.3 is 0 Å². The minimum atomic E-state index is 0.314. The monoisotopic (exact) mass is 262 g/mol. The SMILES string of the molecule is Cc1cc(-c2nc(C)c(C)c(Cl)n2)cc(C)c1O. The van der Waals surface area contributed by atoms with Crippen LogP contribution in [0.5, 0.6) is 5.75 Å². The molecule has 0 fully saturated rings. The van der Waals surface area contributed by atoms with Gasteiger partial charge in [0.1, 0.15) is 10.9 Å². The molecular weight excluding hydrogens is 248 g/mol. The van der Waals surface area contributed by atoms with E-state index in [9.17, 15) is 5.11 Å². The number of aryl methyl sites for hydroxylation is 3. The number of halogens is 1. The Morgan fingerprint density at radius 3 is 2.06 bits per heavy atom. The molecule has 0 saturated heterocycles. The van der Waals surface area contributed by atoms with Crippen LogP contribution in [0.3, 0.4) is 0 Å². The third-order valence-corrected chi connectivity index (χ3v) is 3.45.